The normalized spacial score (nSPS) is 42.0. The Morgan fingerprint density at radius 1 is 1.50 bits per heavy atom. The van der Waals surface area contributed by atoms with Gasteiger partial charge in [-0.2, -0.15) is 0 Å². The molecule has 1 aliphatic carbocycles. The molecular formula is C8H14FN. The van der Waals surface area contributed by atoms with Crippen LogP contribution in [0, 0.1) is 5.92 Å². The van der Waals surface area contributed by atoms with E-state index in [0.717, 1.165) is 12.8 Å². The van der Waals surface area contributed by atoms with Crippen molar-refractivity contribution in [3.05, 3.63) is 0 Å². The second-order valence-electron chi connectivity index (χ2n) is 3.95. The molecule has 2 heteroatoms. The first-order valence-electron chi connectivity index (χ1n) is 4.08. The first kappa shape index (κ1) is 6.59. The fourth-order valence-electron chi connectivity index (χ4n) is 1.63. The van der Waals surface area contributed by atoms with Gasteiger partial charge in [-0.3, -0.25) is 0 Å². The SMILES string of the molecule is CC(C)C1NC1C1(F)CC1. The van der Waals surface area contributed by atoms with Crippen LogP contribution in [0.1, 0.15) is 26.7 Å². The van der Waals surface area contributed by atoms with Crippen LogP contribution in [0.3, 0.4) is 0 Å². The quantitative estimate of drug-likeness (QED) is 0.581. The smallest absolute Gasteiger partial charge is 0.128 e. The highest BCUT2D eigenvalue weighted by Gasteiger charge is 2.60. The van der Waals surface area contributed by atoms with Gasteiger partial charge in [-0.1, -0.05) is 13.8 Å². The number of nitrogens with one attached hydrogen (secondary N) is 1. The molecule has 2 fully saturated rings. The van der Waals surface area contributed by atoms with Gasteiger partial charge in [-0.05, 0) is 18.8 Å². The zero-order valence-corrected chi connectivity index (χ0v) is 6.52. The fourth-order valence-corrected chi connectivity index (χ4v) is 1.63. The maximum Gasteiger partial charge on any atom is 0.128 e. The Balaban J connectivity index is 1.90. The van der Waals surface area contributed by atoms with E-state index in [1.165, 1.54) is 0 Å². The van der Waals surface area contributed by atoms with Gasteiger partial charge in [0.05, 0.1) is 6.04 Å². The molecule has 1 saturated heterocycles. The molecule has 0 amide bonds. The van der Waals surface area contributed by atoms with Gasteiger partial charge in [0.25, 0.3) is 0 Å². The van der Waals surface area contributed by atoms with Crippen LogP contribution < -0.4 is 5.32 Å². The number of rotatable bonds is 2. The van der Waals surface area contributed by atoms with Crippen molar-refractivity contribution in [2.45, 2.75) is 44.4 Å². The Labute approximate surface area is 61.0 Å². The van der Waals surface area contributed by atoms with Crippen LogP contribution >= 0.6 is 0 Å². The third kappa shape index (κ3) is 0.858. The van der Waals surface area contributed by atoms with Gasteiger partial charge >= 0.3 is 0 Å². The molecule has 0 aromatic carbocycles. The highest BCUT2D eigenvalue weighted by molar-refractivity contribution is 5.18. The van der Waals surface area contributed by atoms with Crippen molar-refractivity contribution in [3.8, 4) is 0 Å². The summed E-state index contributed by atoms with van der Waals surface area (Å²) in [5, 5.41) is 3.20. The monoisotopic (exact) mass is 143 g/mol. The van der Waals surface area contributed by atoms with Crippen molar-refractivity contribution in [1.29, 1.82) is 0 Å². The van der Waals surface area contributed by atoms with Gasteiger partial charge in [0.15, 0.2) is 0 Å². The second kappa shape index (κ2) is 1.73. The maximum atomic E-state index is 13.2. The molecular weight excluding hydrogens is 129 g/mol. The molecule has 1 heterocycles. The van der Waals surface area contributed by atoms with Gasteiger partial charge in [0.2, 0.25) is 0 Å². The summed E-state index contributed by atoms with van der Waals surface area (Å²) in [6.07, 6.45) is 1.57. The summed E-state index contributed by atoms with van der Waals surface area (Å²) >= 11 is 0. The number of alkyl halides is 1. The summed E-state index contributed by atoms with van der Waals surface area (Å²) in [5.74, 6) is 0.596. The lowest BCUT2D eigenvalue weighted by Gasteiger charge is -2.02. The molecule has 2 rings (SSSR count). The summed E-state index contributed by atoms with van der Waals surface area (Å²) in [6, 6.07) is 0.667. The van der Waals surface area contributed by atoms with Crippen LogP contribution in [0.25, 0.3) is 0 Å². The predicted molar refractivity (Wildman–Crippen MR) is 38.6 cm³/mol. The minimum Gasteiger partial charge on any atom is -0.305 e. The van der Waals surface area contributed by atoms with Gasteiger partial charge < -0.3 is 5.32 Å². The highest BCUT2D eigenvalue weighted by atomic mass is 19.1. The molecule has 1 saturated carbocycles. The molecule has 2 aliphatic rings. The highest BCUT2D eigenvalue weighted by Crippen LogP contribution is 2.49. The van der Waals surface area contributed by atoms with E-state index in [0.29, 0.717) is 12.0 Å². The van der Waals surface area contributed by atoms with Crippen molar-refractivity contribution >= 4 is 0 Å². The first-order chi connectivity index (χ1) is 4.63. The van der Waals surface area contributed by atoms with Crippen LogP contribution in [-0.2, 0) is 0 Å². The third-order valence-corrected chi connectivity index (χ3v) is 2.63. The van der Waals surface area contributed by atoms with Crippen LogP contribution in [-0.4, -0.2) is 17.8 Å². The summed E-state index contributed by atoms with van der Waals surface area (Å²) < 4.78 is 13.2. The predicted octanol–water partition coefficient (Wildman–Crippen LogP) is 1.48. The van der Waals surface area contributed by atoms with Crippen LogP contribution in [0.15, 0.2) is 0 Å². The molecule has 2 atom stereocenters. The van der Waals surface area contributed by atoms with Crippen molar-refractivity contribution in [2.75, 3.05) is 0 Å². The maximum absolute atomic E-state index is 13.2. The zero-order valence-electron chi connectivity index (χ0n) is 6.52. The molecule has 0 aromatic heterocycles. The summed E-state index contributed by atoms with van der Waals surface area (Å²) in [6.45, 7) is 4.28. The van der Waals surface area contributed by atoms with E-state index in [2.05, 4.69) is 19.2 Å². The lowest BCUT2D eigenvalue weighted by molar-refractivity contribution is 0.295. The second-order valence-corrected chi connectivity index (χ2v) is 3.95. The lowest BCUT2D eigenvalue weighted by Crippen LogP contribution is -2.15. The summed E-state index contributed by atoms with van der Waals surface area (Å²) in [5.41, 5.74) is -0.797. The van der Waals surface area contributed by atoms with E-state index in [1.54, 1.807) is 0 Å². The Kier molecular flexibility index (Phi) is 1.14. The summed E-state index contributed by atoms with van der Waals surface area (Å²) in [7, 11) is 0. The van der Waals surface area contributed by atoms with Gasteiger partial charge in [0.1, 0.15) is 5.67 Å². The average Bonchev–Trinajstić information content (AvgIpc) is 2.54. The Hall–Kier alpha value is -0.110. The minimum atomic E-state index is -0.797. The van der Waals surface area contributed by atoms with Crippen molar-refractivity contribution in [1.82, 2.24) is 5.32 Å². The van der Waals surface area contributed by atoms with Crippen LogP contribution in [0.2, 0.25) is 0 Å². The number of hydrogen-bond acceptors (Lipinski definition) is 1. The molecule has 0 radical (unpaired) electrons. The van der Waals surface area contributed by atoms with Gasteiger partial charge in [-0.15, -0.1) is 0 Å². The summed E-state index contributed by atoms with van der Waals surface area (Å²) in [4.78, 5) is 0. The molecule has 0 spiro atoms. The molecule has 2 unspecified atom stereocenters. The minimum absolute atomic E-state index is 0.201. The number of hydrogen-bond donors (Lipinski definition) is 1. The molecule has 58 valence electrons. The van der Waals surface area contributed by atoms with E-state index in [4.69, 9.17) is 0 Å². The van der Waals surface area contributed by atoms with Crippen LogP contribution in [0.4, 0.5) is 4.39 Å². The third-order valence-electron chi connectivity index (χ3n) is 2.63. The van der Waals surface area contributed by atoms with Crippen molar-refractivity contribution < 1.29 is 4.39 Å². The molecule has 1 N–H and O–H groups in total. The topological polar surface area (TPSA) is 21.9 Å². The zero-order chi connectivity index (χ0) is 7.35. The van der Waals surface area contributed by atoms with Gasteiger partial charge in [0, 0.05) is 6.04 Å². The van der Waals surface area contributed by atoms with E-state index >= 15 is 0 Å². The standard InChI is InChI=1S/C8H14FN/c1-5(2)6-7(10-6)8(9)3-4-8/h5-7,10H,3-4H2,1-2H3. The lowest BCUT2D eigenvalue weighted by atomic mass is 10.0. The molecule has 10 heavy (non-hydrogen) atoms. The van der Waals surface area contributed by atoms with E-state index in [1.807, 2.05) is 0 Å². The van der Waals surface area contributed by atoms with Crippen LogP contribution in [0.5, 0.6) is 0 Å². The van der Waals surface area contributed by atoms with E-state index in [9.17, 15) is 4.39 Å². The average molecular weight is 143 g/mol. The molecule has 1 aliphatic heterocycles. The Bertz CT molecular complexity index is 151. The molecule has 1 nitrogen and oxygen atoms in total. The Morgan fingerprint density at radius 3 is 2.40 bits per heavy atom. The molecule has 0 bridgehead atoms. The van der Waals surface area contributed by atoms with E-state index in [-0.39, 0.29) is 6.04 Å². The molecule has 0 aromatic rings. The Morgan fingerprint density at radius 2 is 2.10 bits per heavy atom. The largest absolute Gasteiger partial charge is 0.305 e. The fraction of sp³-hybridized carbons (Fsp3) is 1.00. The van der Waals surface area contributed by atoms with E-state index < -0.39 is 5.67 Å². The van der Waals surface area contributed by atoms with Gasteiger partial charge in [-0.25, -0.2) is 4.39 Å². The number of halogens is 1. The van der Waals surface area contributed by atoms with Crippen molar-refractivity contribution in [2.24, 2.45) is 5.92 Å². The first-order valence-corrected chi connectivity index (χ1v) is 4.08. The van der Waals surface area contributed by atoms with Crippen molar-refractivity contribution in [3.63, 3.8) is 0 Å².